The quantitative estimate of drug-likeness (QED) is 0.437. The van der Waals surface area contributed by atoms with Gasteiger partial charge in [-0.05, 0) is 31.0 Å². The number of thiophene rings is 1. The molecular formula is C21H18N4O5S. The van der Waals surface area contributed by atoms with Crippen molar-refractivity contribution >= 4 is 27.5 Å². The standard InChI is InChI=1S/C21H18N4O5S/c1-11-16-19(22-14-8-5-9-25(14)20(16)26)31-17(11)21(27)29-10-15-23-18(24-30-15)12-6-3-4-7-13(12)28-2/h3-4,6-7H,5,8-10H2,1-2H3. The lowest BCUT2D eigenvalue weighted by atomic mass is 10.2. The first-order valence-corrected chi connectivity index (χ1v) is 10.5. The van der Waals surface area contributed by atoms with E-state index in [9.17, 15) is 9.59 Å². The highest BCUT2D eigenvalue weighted by Gasteiger charge is 2.24. The fourth-order valence-electron chi connectivity index (χ4n) is 3.72. The van der Waals surface area contributed by atoms with Crippen LogP contribution < -0.4 is 10.3 Å². The largest absolute Gasteiger partial charge is 0.496 e. The van der Waals surface area contributed by atoms with E-state index in [4.69, 9.17) is 14.0 Å². The molecule has 1 aliphatic heterocycles. The lowest BCUT2D eigenvalue weighted by Gasteiger charge is -2.03. The van der Waals surface area contributed by atoms with Crippen LogP contribution in [-0.4, -0.2) is 32.8 Å². The van der Waals surface area contributed by atoms with Crippen LogP contribution in [0.4, 0.5) is 0 Å². The van der Waals surface area contributed by atoms with Gasteiger partial charge in [0.15, 0.2) is 6.61 Å². The molecular weight excluding hydrogens is 420 g/mol. The first-order valence-electron chi connectivity index (χ1n) is 9.72. The summed E-state index contributed by atoms with van der Waals surface area (Å²) in [6.07, 6.45) is 1.68. The Morgan fingerprint density at radius 3 is 2.97 bits per heavy atom. The van der Waals surface area contributed by atoms with E-state index in [1.807, 2.05) is 18.2 Å². The van der Waals surface area contributed by atoms with Crippen LogP contribution in [-0.2, 0) is 24.3 Å². The summed E-state index contributed by atoms with van der Waals surface area (Å²) in [4.78, 5) is 35.2. The zero-order valence-electron chi connectivity index (χ0n) is 16.9. The molecule has 0 radical (unpaired) electrons. The Balaban J connectivity index is 1.36. The van der Waals surface area contributed by atoms with E-state index >= 15 is 0 Å². The molecule has 1 aromatic carbocycles. The lowest BCUT2D eigenvalue weighted by molar-refractivity contribution is 0.0435. The van der Waals surface area contributed by atoms with Gasteiger partial charge in [0, 0.05) is 13.0 Å². The van der Waals surface area contributed by atoms with Crippen molar-refractivity contribution in [2.24, 2.45) is 0 Å². The number of rotatable bonds is 5. The molecule has 0 amide bonds. The van der Waals surface area contributed by atoms with Gasteiger partial charge in [0.1, 0.15) is 21.3 Å². The first-order chi connectivity index (χ1) is 15.1. The van der Waals surface area contributed by atoms with Crippen LogP contribution in [0.5, 0.6) is 5.75 Å². The Morgan fingerprint density at radius 1 is 1.29 bits per heavy atom. The molecule has 0 aliphatic carbocycles. The summed E-state index contributed by atoms with van der Waals surface area (Å²) in [6, 6.07) is 7.28. The number of aryl methyl sites for hydroxylation is 2. The topological polar surface area (TPSA) is 109 Å². The van der Waals surface area contributed by atoms with E-state index in [1.165, 1.54) is 11.3 Å². The van der Waals surface area contributed by atoms with Crippen LogP contribution in [0.3, 0.4) is 0 Å². The van der Waals surface area contributed by atoms with Gasteiger partial charge in [0.25, 0.3) is 11.4 Å². The van der Waals surface area contributed by atoms with E-state index in [1.54, 1.807) is 24.7 Å². The minimum absolute atomic E-state index is 0.0938. The summed E-state index contributed by atoms with van der Waals surface area (Å²) in [7, 11) is 1.56. The Morgan fingerprint density at radius 2 is 2.13 bits per heavy atom. The molecule has 0 atom stereocenters. The van der Waals surface area contributed by atoms with Gasteiger partial charge < -0.3 is 14.0 Å². The van der Waals surface area contributed by atoms with E-state index in [2.05, 4.69) is 15.1 Å². The summed E-state index contributed by atoms with van der Waals surface area (Å²) in [6.45, 7) is 2.22. The number of carbonyl (C=O) groups is 1. The minimum Gasteiger partial charge on any atom is -0.496 e. The summed E-state index contributed by atoms with van der Waals surface area (Å²) in [5, 5.41) is 4.42. The third-order valence-electron chi connectivity index (χ3n) is 5.24. The van der Waals surface area contributed by atoms with E-state index in [0.717, 1.165) is 18.7 Å². The second-order valence-electron chi connectivity index (χ2n) is 7.11. The molecule has 158 valence electrons. The van der Waals surface area contributed by atoms with Crippen LogP contribution in [0.2, 0.25) is 0 Å². The molecule has 10 heteroatoms. The Kier molecular flexibility index (Phi) is 4.78. The van der Waals surface area contributed by atoms with E-state index in [0.29, 0.717) is 44.3 Å². The van der Waals surface area contributed by atoms with Gasteiger partial charge in [0.2, 0.25) is 5.82 Å². The van der Waals surface area contributed by atoms with Gasteiger partial charge in [0.05, 0.1) is 18.1 Å². The van der Waals surface area contributed by atoms with Crippen molar-refractivity contribution in [3.63, 3.8) is 0 Å². The van der Waals surface area contributed by atoms with E-state index in [-0.39, 0.29) is 18.1 Å². The fraction of sp³-hybridized carbons (Fsp3) is 0.286. The highest BCUT2D eigenvalue weighted by molar-refractivity contribution is 7.20. The second kappa shape index (κ2) is 7.62. The van der Waals surface area contributed by atoms with Crippen molar-refractivity contribution in [3.8, 4) is 17.1 Å². The Labute approximate surface area is 180 Å². The summed E-state index contributed by atoms with van der Waals surface area (Å²) < 4.78 is 17.6. The van der Waals surface area contributed by atoms with Crippen molar-refractivity contribution in [2.45, 2.75) is 32.9 Å². The number of esters is 1. The molecule has 1 aliphatic rings. The molecule has 5 rings (SSSR count). The van der Waals surface area contributed by atoms with Crippen molar-refractivity contribution in [2.75, 3.05) is 7.11 Å². The average molecular weight is 438 g/mol. The van der Waals surface area contributed by atoms with Gasteiger partial charge >= 0.3 is 5.97 Å². The SMILES string of the molecule is COc1ccccc1-c1noc(COC(=O)c2sc3nc4n(c(=O)c3c2C)CCC4)n1. The molecule has 0 bridgehead atoms. The molecule has 0 spiro atoms. The molecule has 31 heavy (non-hydrogen) atoms. The maximum Gasteiger partial charge on any atom is 0.349 e. The van der Waals surface area contributed by atoms with Crippen LogP contribution in [0.15, 0.2) is 33.6 Å². The Hall–Kier alpha value is -3.53. The monoisotopic (exact) mass is 438 g/mol. The van der Waals surface area contributed by atoms with Crippen LogP contribution >= 0.6 is 11.3 Å². The molecule has 4 heterocycles. The molecule has 0 N–H and O–H groups in total. The normalized spacial score (nSPS) is 12.8. The maximum absolute atomic E-state index is 12.8. The minimum atomic E-state index is -0.554. The second-order valence-corrected chi connectivity index (χ2v) is 8.11. The smallest absolute Gasteiger partial charge is 0.349 e. The number of hydrogen-bond donors (Lipinski definition) is 0. The van der Waals surface area contributed by atoms with Crippen LogP contribution in [0.1, 0.15) is 33.4 Å². The van der Waals surface area contributed by atoms with E-state index < -0.39 is 5.97 Å². The highest BCUT2D eigenvalue weighted by atomic mass is 32.1. The third kappa shape index (κ3) is 3.28. The summed E-state index contributed by atoms with van der Waals surface area (Å²) in [5.41, 5.74) is 1.17. The molecule has 4 aromatic rings. The number of carbonyl (C=O) groups excluding carboxylic acids is 1. The number of benzene rings is 1. The van der Waals surface area contributed by atoms with Crippen molar-refractivity contribution in [1.82, 2.24) is 19.7 Å². The number of ether oxygens (including phenoxy) is 2. The van der Waals surface area contributed by atoms with Gasteiger partial charge in [-0.15, -0.1) is 11.3 Å². The highest BCUT2D eigenvalue weighted by Crippen LogP contribution is 2.30. The maximum atomic E-state index is 12.8. The Bertz CT molecular complexity index is 1370. The third-order valence-corrected chi connectivity index (χ3v) is 6.41. The summed E-state index contributed by atoms with van der Waals surface area (Å²) >= 11 is 1.17. The van der Waals surface area contributed by atoms with Crippen molar-refractivity contribution in [1.29, 1.82) is 0 Å². The number of para-hydroxylation sites is 1. The molecule has 9 nitrogen and oxygen atoms in total. The van der Waals surface area contributed by atoms with Crippen molar-refractivity contribution < 1.29 is 18.8 Å². The zero-order valence-corrected chi connectivity index (χ0v) is 17.7. The summed E-state index contributed by atoms with van der Waals surface area (Å²) in [5.74, 6) is 1.33. The number of aromatic nitrogens is 4. The van der Waals surface area contributed by atoms with Gasteiger partial charge in [-0.1, -0.05) is 17.3 Å². The molecule has 0 saturated heterocycles. The van der Waals surface area contributed by atoms with Gasteiger partial charge in [-0.25, -0.2) is 9.78 Å². The fourth-order valence-corrected chi connectivity index (χ4v) is 4.80. The molecule has 0 fully saturated rings. The lowest BCUT2D eigenvalue weighted by Crippen LogP contribution is -2.20. The number of nitrogens with zero attached hydrogens (tertiary/aromatic N) is 4. The number of hydrogen-bond acceptors (Lipinski definition) is 9. The zero-order chi connectivity index (χ0) is 21.5. The molecule has 0 saturated carbocycles. The predicted molar refractivity (Wildman–Crippen MR) is 112 cm³/mol. The number of fused-ring (bicyclic) bond motifs is 2. The van der Waals surface area contributed by atoms with Gasteiger partial charge in [-0.3, -0.25) is 9.36 Å². The number of methoxy groups -OCH3 is 1. The first kappa shape index (κ1) is 19.4. The van der Waals surface area contributed by atoms with Gasteiger partial charge in [-0.2, -0.15) is 4.98 Å². The molecule has 3 aromatic heterocycles. The van der Waals surface area contributed by atoms with Crippen LogP contribution in [0, 0.1) is 6.92 Å². The average Bonchev–Trinajstić information content (AvgIpc) is 3.51. The predicted octanol–water partition coefficient (Wildman–Crippen LogP) is 3.13. The van der Waals surface area contributed by atoms with Crippen molar-refractivity contribution in [3.05, 3.63) is 56.8 Å². The molecule has 0 unspecified atom stereocenters. The van der Waals surface area contributed by atoms with Crippen LogP contribution in [0.25, 0.3) is 21.6 Å².